The molecule has 0 radical (unpaired) electrons. The summed E-state index contributed by atoms with van der Waals surface area (Å²) >= 11 is 17.8. The molecule has 1 aromatic carbocycles. The molecule has 2 rings (SSSR count). The summed E-state index contributed by atoms with van der Waals surface area (Å²) in [4.78, 5) is 12.7. The highest BCUT2D eigenvalue weighted by atomic mass is 35.5. The van der Waals surface area contributed by atoms with Crippen LogP contribution in [-0.4, -0.2) is 11.7 Å². The second-order valence-corrected chi connectivity index (χ2v) is 6.63. The first kappa shape index (κ1) is 16.1. The van der Waals surface area contributed by atoms with Gasteiger partial charge in [-0.05, 0) is 43.4 Å². The molecule has 0 N–H and O–H groups in total. The van der Waals surface area contributed by atoms with Gasteiger partial charge in [-0.25, -0.2) is 0 Å². The molecule has 110 valence electrons. The third kappa shape index (κ3) is 3.90. The van der Waals surface area contributed by atoms with Gasteiger partial charge in [-0.2, -0.15) is 0 Å². The largest absolute Gasteiger partial charge is 0.299 e. The van der Waals surface area contributed by atoms with Gasteiger partial charge in [-0.3, -0.25) is 4.79 Å². The van der Waals surface area contributed by atoms with Crippen LogP contribution in [0, 0.1) is 5.92 Å². The Kier molecular flexibility index (Phi) is 6.20. The van der Waals surface area contributed by atoms with E-state index in [0.29, 0.717) is 21.7 Å². The number of carbonyl (C=O) groups is 1. The van der Waals surface area contributed by atoms with Crippen molar-refractivity contribution >= 4 is 40.6 Å². The van der Waals surface area contributed by atoms with Crippen LogP contribution in [0.3, 0.4) is 0 Å². The third-order valence-corrected chi connectivity index (χ3v) is 5.08. The van der Waals surface area contributed by atoms with Crippen molar-refractivity contribution in [1.82, 2.24) is 0 Å². The smallest absolute Gasteiger partial charge is 0.143 e. The number of benzene rings is 1. The highest BCUT2D eigenvalue weighted by molar-refractivity contribution is 6.42. The van der Waals surface area contributed by atoms with Gasteiger partial charge in [-0.1, -0.05) is 42.1 Å². The Morgan fingerprint density at radius 2 is 1.90 bits per heavy atom. The number of alkyl halides is 1. The molecule has 0 heterocycles. The summed E-state index contributed by atoms with van der Waals surface area (Å²) in [5.41, 5.74) is 0.974. The fraction of sp³-hybridized carbons (Fsp3) is 0.562. The second kappa shape index (κ2) is 7.68. The van der Waals surface area contributed by atoms with Gasteiger partial charge in [0.2, 0.25) is 0 Å². The Bertz CT molecular complexity index is 467. The van der Waals surface area contributed by atoms with Gasteiger partial charge in [0.15, 0.2) is 0 Å². The molecule has 1 unspecified atom stereocenters. The normalized spacial score (nSPS) is 17.4. The average Bonchev–Trinajstić information content (AvgIpc) is 2.97. The highest BCUT2D eigenvalue weighted by Crippen LogP contribution is 2.35. The first-order valence-electron chi connectivity index (χ1n) is 7.18. The SMILES string of the molecule is O=C(C1CCCC1)C(CCCCl)c1ccc(Cl)c(Cl)c1. The molecule has 0 spiro atoms. The van der Waals surface area contributed by atoms with E-state index in [4.69, 9.17) is 34.8 Å². The fourth-order valence-corrected chi connectivity index (χ4v) is 3.44. The van der Waals surface area contributed by atoms with E-state index in [0.717, 1.165) is 31.2 Å². The second-order valence-electron chi connectivity index (χ2n) is 5.44. The number of carbonyl (C=O) groups excluding carboxylic acids is 1. The van der Waals surface area contributed by atoms with E-state index >= 15 is 0 Å². The number of halogens is 3. The zero-order chi connectivity index (χ0) is 14.5. The van der Waals surface area contributed by atoms with Crippen molar-refractivity contribution in [2.24, 2.45) is 5.92 Å². The molecule has 1 nitrogen and oxygen atoms in total. The van der Waals surface area contributed by atoms with E-state index in [1.165, 1.54) is 12.8 Å². The van der Waals surface area contributed by atoms with Crippen LogP contribution >= 0.6 is 34.8 Å². The zero-order valence-corrected chi connectivity index (χ0v) is 13.6. The minimum atomic E-state index is -0.0911. The molecule has 0 saturated heterocycles. The van der Waals surface area contributed by atoms with E-state index in [1.54, 1.807) is 6.07 Å². The zero-order valence-electron chi connectivity index (χ0n) is 11.4. The maximum Gasteiger partial charge on any atom is 0.143 e. The third-order valence-electron chi connectivity index (χ3n) is 4.07. The molecule has 1 atom stereocenters. The first-order valence-corrected chi connectivity index (χ1v) is 8.47. The average molecular weight is 334 g/mol. The standard InChI is InChI=1S/C16H19Cl3O/c17-9-3-6-13(16(20)11-4-1-2-5-11)12-7-8-14(18)15(19)10-12/h7-8,10-11,13H,1-6,9H2. The van der Waals surface area contributed by atoms with E-state index in [1.807, 2.05) is 12.1 Å². The van der Waals surface area contributed by atoms with Crippen molar-refractivity contribution in [3.8, 4) is 0 Å². The van der Waals surface area contributed by atoms with Gasteiger partial charge in [-0.15, -0.1) is 11.6 Å². The number of hydrogen-bond donors (Lipinski definition) is 0. The molecule has 0 aliphatic heterocycles. The molecular weight excluding hydrogens is 315 g/mol. The van der Waals surface area contributed by atoms with Crippen molar-refractivity contribution in [2.45, 2.75) is 44.4 Å². The van der Waals surface area contributed by atoms with Crippen molar-refractivity contribution < 1.29 is 4.79 Å². The number of ketones is 1. The Morgan fingerprint density at radius 3 is 2.50 bits per heavy atom. The Balaban J connectivity index is 2.21. The van der Waals surface area contributed by atoms with E-state index in [9.17, 15) is 4.79 Å². The number of hydrogen-bond acceptors (Lipinski definition) is 1. The topological polar surface area (TPSA) is 17.1 Å². The molecule has 1 aliphatic carbocycles. The number of rotatable bonds is 6. The lowest BCUT2D eigenvalue weighted by atomic mass is 9.84. The monoisotopic (exact) mass is 332 g/mol. The molecule has 20 heavy (non-hydrogen) atoms. The van der Waals surface area contributed by atoms with Crippen LogP contribution in [0.15, 0.2) is 18.2 Å². The minimum Gasteiger partial charge on any atom is -0.299 e. The van der Waals surface area contributed by atoms with Crippen molar-refractivity contribution in [3.63, 3.8) is 0 Å². The molecule has 0 amide bonds. The molecule has 0 aromatic heterocycles. The maximum atomic E-state index is 12.7. The minimum absolute atomic E-state index is 0.0911. The summed E-state index contributed by atoms with van der Waals surface area (Å²) in [6.07, 6.45) is 6.01. The molecular formula is C16H19Cl3O. The Morgan fingerprint density at radius 1 is 1.20 bits per heavy atom. The molecule has 1 fully saturated rings. The predicted octanol–water partition coefficient (Wildman–Crippen LogP) is 5.86. The van der Waals surface area contributed by atoms with Crippen LogP contribution in [0.2, 0.25) is 10.0 Å². The van der Waals surface area contributed by atoms with Crippen LogP contribution in [0.25, 0.3) is 0 Å². The van der Waals surface area contributed by atoms with Crippen molar-refractivity contribution in [2.75, 3.05) is 5.88 Å². The molecule has 0 bridgehead atoms. The lowest BCUT2D eigenvalue weighted by Gasteiger charge is -2.20. The fourth-order valence-electron chi connectivity index (χ4n) is 2.98. The molecule has 1 aliphatic rings. The quantitative estimate of drug-likeness (QED) is 0.596. The van der Waals surface area contributed by atoms with Gasteiger partial charge in [0.25, 0.3) is 0 Å². The Labute approximate surface area is 135 Å². The van der Waals surface area contributed by atoms with Gasteiger partial charge < -0.3 is 0 Å². The van der Waals surface area contributed by atoms with Gasteiger partial charge in [0.05, 0.1) is 10.0 Å². The summed E-state index contributed by atoms with van der Waals surface area (Å²) in [6, 6.07) is 5.52. The van der Waals surface area contributed by atoms with Gasteiger partial charge >= 0.3 is 0 Å². The summed E-state index contributed by atoms with van der Waals surface area (Å²) in [5, 5.41) is 1.04. The van der Waals surface area contributed by atoms with Crippen LogP contribution < -0.4 is 0 Å². The van der Waals surface area contributed by atoms with E-state index < -0.39 is 0 Å². The van der Waals surface area contributed by atoms with Crippen LogP contribution in [0.1, 0.15) is 50.0 Å². The number of Topliss-reactive ketones (excluding diaryl/α,β-unsaturated/α-hetero) is 1. The lowest BCUT2D eigenvalue weighted by molar-refractivity contribution is -0.124. The molecule has 1 saturated carbocycles. The highest BCUT2D eigenvalue weighted by Gasteiger charge is 2.30. The van der Waals surface area contributed by atoms with Crippen LogP contribution in [0.4, 0.5) is 0 Å². The molecule has 4 heteroatoms. The summed E-state index contributed by atoms with van der Waals surface area (Å²) in [5.74, 6) is 1.05. The molecule has 1 aromatic rings. The summed E-state index contributed by atoms with van der Waals surface area (Å²) < 4.78 is 0. The Hall–Kier alpha value is -0.240. The van der Waals surface area contributed by atoms with Crippen molar-refractivity contribution in [1.29, 1.82) is 0 Å². The van der Waals surface area contributed by atoms with E-state index in [2.05, 4.69) is 0 Å². The van der Waals surface area contributed by atoms with Crippen LogP contribution in [0.5, 0.6) is 0 Å². The van der Waals surface area contributed by atoms with Crippen LogP contribution in [-0.2, 0) is 4.79 Å². The maximum absolute atomic E-state index is 12.7. The van der Waals surface area contributed by atoms with Crippen molar-refractivity contribution in [3.05, 3.63) is 33.8 Å². The first-order chi connectivity index (χ1) is 9.63. The lowest BCUT2D eigenvalue weighted by Crippen LogP contribution is -2.20. The predicted molar refractivity (Wildman–Crippen MR) is 86.1 cm³/mol. The summed E-state index contributed by atoms with van der Waals surface area (Å²) in [6.45, 7) is 0. The summed E-state index contributed by atoms with van der Waals surface area (Å²) in [7, 11) is 0. The van der Waals surface area contributed by atoms with Gasteiger partial charge in [0, 0.05) is 17.7 Å². The van der Waals surface area contributed by atoms with E-state index in [-0.39, 0.29) is 11.8 Å². The van der Waals surface area contributed by atoms with Gasteiger partial charge in [0.1, 0.15) is 5.78 Å².